The maximum absolute atomic E-state index is 10.7. The lowest BCUT2D eigenvalue weighted by atomic mass is 10.1. The van der Waals surface area contributed by atoms with E-state index in [9.17, 15) is 8.42 Å². The van der Waals surface area contributed by atoms with Crippen LogP contribution in [0.25, 0.3) is 0 Å². The van der Waals surface area contributed by atoms with E-state index in [1.54, 1.807) is 0 Å². The molecule has 3 nitrogen and oxygen atoms in total. The average molecular weight is 214 g/mol. The van der Waals surface area contributed by atoms with Gasteiger partial charge in [-0.15, -0.1) is 0 Å². The topological polar surface area (TPSA) is 43.4 Å². The molecule has 14 heavy (non-hydrogen) atoms. The Morgan fingerprint density at radius 3 is 2.43 bits per heavy atom. The molecule has 78 valence electrons. The second-order valence-corrected chi connectivity index (χ2v) is 4.87. The summed E-state index contributed by atoms with van der Waals surface area (Å²) in [4.78, 5) is 0. The van der Waals surface area contributed by atoms with Crippen LogP contribution in [0.4, 0.5) is 0 Å². The van der Waals surface area contributed by atoms with Crippen LogP contribution in [-0.4, -0.2) is 21.3 Å². The molecule has 1 aliphatic carbocycles. The van der Waals surface area contributed by atoms with E-state index in [0.29, 0.717) is 6.42 Å². The number of hydrogen-bond acceptors (Lipinski definition) is 3. The second-order valence-electron chi connectivity index (χ2n) is 3.23. The van der Waals surface area contributed by atoms with Gasteiger partial charge in [0.15, 0.2) is 0 Å². The van der Waals surface area contributed by atoms with Crippen LogP contribution in [0.2, 0.25) is 0 Å². The van der Waals surface area contributed by atoms with Crippen LogP contribution in [-0.2, 0) is 14.3 Å². The predicted molar refractivity (Wildman–Crippen MR) is 56.4 cm³/mol. The van der Waals surface area contributed by atoms with Crippen LogP contribution in [0.1, 0.15) is 13.3 Å². The van der Waals surface area contributed by atoms with E-state index in [-0.39, 0.29) is 6.61 Å². The fraction of sp³-hybridized carbons (Fsp3) is 0.400. The van der Waals surface area contributed by atoms with Gasteiger partial charge in [0.05, 0.1) is 12.9 Å². The minimum atomic E-state index is -3.30. The summed E-state index contributed by atoms with van der Waals surface area (Å²) >= 11 is 0. The van der Waals surface area contributed by atoms with Gasteiger partial charge < -0.3 is 0 Å². The van der Waals surface area contributed by atoms with Gasteiger partial charge in [0.1, 0.15) is 0 Å². The normalized spacial score (nSPS) is 15.1. The average Bonchev–Trinajstić information content (AvgIpc) is 2.53. The molecule has 0 saturated heterocycles. The summed E-state index contributed by atoms with van der Waals surface area (Å²) in [5.41, 5.74) is 2.28. The summed E-state index contributed by atoms with van der Waals surface area (Å²) in [5.74, 6) is 0. The molecule has 4 heteroatoms. The van der Waals surface area contributed by atoms with Gasteiger partial charge in [-0.1, -0.05) is 29.9 Å². The molecule has 0 heterocycles. The molecule has 0 aliphatic heterocycles. The Morgan fingerprint density at radius 2 is 1.93 bits per heavy atom. The van der Waals surface area contributed by atoms with Gasteiger partial charge in [-0.2, -0.15) is 8.42 Å². The highest BCUT2D eigenvalue weighted by molar-refractivity contribution is 7.85. The van der Waals surface area contributed by atoms with Crippen LogP contribution in [0, 0.1) is 0 Å². The van der Waals surface area contributed by atoms with Crippen molar-refractivity contribution in [3.05, 3.63) is 35.5 Å². The Kier molecular flexibility index (Phi) is 3.66. The summed E-state index contributed by atoms with van der Waals surface area (Å²) in [6.45, 7) is 2.19. The van der Waals surface area contributed by atoms with Gasteiger partial charge >= 0.3 is 0 Å². The Hall–Kier alpha value is -0.870. The molecular weight excluding hydrogens is 200 g/mol. The van der Waals surface area contributed by atoms with E-state index < -0.39 is 10.1 Å². The zero-order chi connectivity index (χ0) is 10.6. The van der Waals surface area contributed by atoms with Gasteiger partial charge in [-0.05, 0) is 18.9 Å². The molecule has 1 rings (SSSR count). The van der Waals surface area contributed by atoms with Crippen LogP contribution >= 0.6 is 0 Å². The Balaban J connectivity index is 2.43. The molecule has 0 radical (unpaired) electrons. The van der Waals surface area contributed by atoms with Crippen LogP contribution in [0.15, 0.2) is 35.5 Å². The summed E-state index contributed by atoms with van der Waals surface area (Å²) in [6.07, 6.45) is 9.60. The quantitative estimate of drug-likeness (QED) is 0.670. The van der Waals surface area contributed by atoms with Gasteiger partial charge in [0, 0.05) is 0 Å². The zero-order valence-corrected chi connectivity index (χ0v) is 9.17. The minimum absolute atomic E-state index is 0.218. The van der Waals surface area contributed by atoms with E-state index in [1.807, 2.05) is 31.2 Å². The van der Waals surface area contributed by atoms with E-state index in [4.69, 9.17) is 0 Å². The highest BCUT2D eigenvalue weighted by Crippen LogP contribution is 2.15. The first kappa shape index (κ1) is 11.2. The summed E-state index contributed by atoms with van der Waals surface area (Å²) in [5, 5.41) is 0. The van der Waals surface area contributed by atoms with Crippen LogP contribution in [0.3, 0.4) is 0 Å². The molecule has 0 saturated carbocycles. The van der Waals surface area contributed by atoms with E-state index >= 15 is 0 Å². The molecule has 0 spiro atoms. The smallest absolute Gasteiger partial charge is 0.264 e. The highest BCUT2D eigenvalue weighted by atomic mass is 32.2. The first-order valence-corrected chi connectivity index (χ1v) is 6.19. The molecule has 0 aromatic rings. The third kappa shape index (κ3) is 3.89. The predicted octanol–water partition coefficient (Wildman–Crippen LogP) is 1.80. The van der Waals surface area contributed by atoms with Crippen molar-refractivity contribution in [2.45, 2.75) is 13.3 Å². The van der Waals surface area contributed by atoms with E-state index in [0.717, 1.165) is 17.4 Å². The van der Waals surface area contributed by atoms with Crippen molar-refractivity contribution in [1.82, 2.24) is 0 Å². The van der Waals surface area contributed by atoms with Crippen molar-refractivity contribution >= 4 is 10.1 Å². The molecule has 0 N–H and O–H groups in total. The molecular formula is C10H14O3S. The largest absolute Gasteiger partial charge is 0.270 e. The number of rotatable bonds is 4. The lowest BCUT2D eigenvalue weighted by molar-refractivity contribution is 0.325. The first-order chi connectivity index (χ1) is 6.49. The van der Waals surface area contributed by atoms with Crippen molar-refractivity contribution < 1.29 is 12.6 Å². The SMILES string of the molecule is CC(CCOS(C)(=O)=O)=C1C=CC=C1. The van der Waals surface area contributed by atoms with Gasteiger partial charge in [0.25, 0.3) is 10.1 Å². The molecule has 0 aromatic carbocycles. The van der Waals surface area contributed by atoms with Crippen molar-refractivity contribution in [3.63, 3.8) is 0 Å². The van der Waals surface area contributed by atoms with Crippen molar-refractivity contribution in [2.24, 2.45) is 0 Å². The van der Waals surface area contributed by atoms with E-state index in [2.05, 4.69) is 4.18 Å². The molecule has 0 atom stereocenters. The number of hydrogen-bond donors (Lipinski definition) is 0. The van der Waals surface area contributed by atoms with Gasteiger partial charge in [-0.25, -0.2) is 0 Å². The van der Waals surface area contributed by atoms with Crippen LogP contribution < -0.4 is 0 Å². The Bertz CT molecular complexity index is 372. The standard InChI is InChI=1S/C10H14O3S/c1-9(10-5-3-4-6-10)7-8-13-14(2,11)12/h3-6H,7-8H2,1-2H3. The second kappa shape index (κ2) is 4.57. The lowest BCUT2D eigenvalue weighted by Gasteiger charge is -2.03. The van der Waals surface area contributed by atoms with Crippen LogP contribution in [0.5, 0.6) is 0 Å². The van der Waals surface area contributed by atoms with E-state index in [1.165, 1.54) is 0 Å². The van der Waals surface area contributed by atoms with Crippen molar-refractivity contribution in [3.8, 4) is 0 Å². The minimum Gasteiger partial charge on any atom is -0.270 e. The monoisotopic (exact) mass is 214 g/mol. The molecule has 0 bridgehead atoms. The fourth-order valence-corrected chi connectivity index (χ4v) is 1.54. The summed E-state index contributed by atoms with van der Waals surface area (Å²) < 4.78 is 26.0. The summed E-state index contributed by atoms with van der Waals surface area (Å²) in [6, 6.07) is 0. The summed E-state index contributed by atoms with van der Waals surface area (Å²) in [7, 11) is -3.30. The maximum Gasteiger partial charge on any atom is 0.264 e. The molecule has 0 aromatic heterocycles. The zero-order valence-electron chi connectivity index (χ0n) is 8.36. The molecule has 0 unspecified atom stereocenters. The first-order valence-electron chi connectivity index (χ1n) is 4.38. The Labute approximate surface area is 84.9 Å². The highest BCUT2D eigenvalue weighted by Gasteiger charge is 2.03. The third-order valence-corrected chi connectivity index (χ3v) is 2.52. The van der Waals surface area contributed by atoms with Crippen molar-refractivity contribution in [1.29, 1.82) is 0 Å². The molecule has 0 fully saturated rings. The van der Waals surface area contributed by atoms with Gasteiger partial charge in [-0.3, -0.25) is 4.18 Å². The number of allylic oxidation sites excluding steroid dienone is 5. The van der Waals surface area contributed by atoms with Crippen molar-refractivity contribution in [2.75, 3.05) is 12.9 Å². The third-order valence-electron chi connectivity index (χ3n) is 1.93. The Morgan fingerprint density at radius 1 is 1.36 bits per heavy atom. The van der Waals surface area contributed by atoms with Gasteiger partial charge in [0.2, 0.25) is 0 Å². The molecule has 0 amide bonds. The maximum atomic E-state index is 10.7. The molecule has 1 aliphatic rings. The fourth-order valence-electron chi connectivity index (χ4n) is 1.15. The lowest BCUT2D eigenvalue weighted by Crippen LogP contribution is -2.04.